The third-order valence-electron chi connectivity index (χ3n) is 5.95. The molecule has 160 valence electrons. The minimum absolute atomic E-state index is 0.107. The molecule has 7 heteroatoms. The lowest BCUT2D eigenvalue weighted by Crippen LogP contribution is -2.37. The highest BCUT2D eigenvalue weighted by molar-refractivity contribution is 5.50. The topological polar surface area (TPSA) is 68.1 Å². The summed E-state index contributed by atoms with van der Waals surface area (Å²) in [5.41, 5.74) is 3.11. The molecule has 0 amide bonds. The molecule has 2 aliphatic heterocycles. The Morgan fingerprint density at radius 2 is 1.97 bits per heavy atom. The maximum atomic E-state index is 11.3. The van der Waals surface area contributed by atoms with Gasteiger partial charge >= 0.3 is 0 Å². The van der Waals surface area contributed by atoms with Crippen molar-refractivity contribution >= 4 is 5.69 Å². The number of ether oxygens (including phenoxy) is 2. The Morgan fingerprint density at radius 1 is 1.20 bits per heavy atom. The van der Waals surface area contributed by atoms with Gasteiger partial charge in [-0.15, -0.1) is 0 Å². The zero-order valence-electron chi connectivity index (χ0n) is 17.5. The van der Waals surface area contributed by atoms with E-state index >= 15 is 0 Å². The molecule has 0 atom stereocenters. The lowest BCUT2D eigenvalue weighted by atomic mass is 9.95. The first kappa shape index (κ1) is 20.8. The van der Waals surface area contributed by atoms with Gasteiger partial charge < -0.3 is 14.4 Å². The van der Waals surface area contributed by atoms with Crippen LogP contribution in [0.1, 0.15) is 29.5 Å². The van der Waals surface area contributed by atoms with Gasteiger partial charge in [0, 0.05) is 42.9 Å². The third kappa shape index (κ3) is 5.16. The Bertz CT molecular complexity index is 866. The fourth-order valence-electron chi connectivity index (χ4n) is 4.47. The molecule has 0 bridgehead atoms. The SMILES string of the molecule is CN(Cc1ccccc1)CC1CCN(Cc2cc([N+](=O)[O-])cc3c2OCOC3)CC1. The summed E-state index contributed by atoms with van der Waals surface area (Å²) in [5.74, 6) is 1.44. The smallest absolute Gasteiger partial charge is 0.270 e. The van der Waals surface area contributed by atoms with Crippen LogP contribution in [0, 0.1) is 16.0 Å². The summed E-state index contributed by atoms with van der Waals surface area (Å²) in [6.45, 7) is 5.30. The molecule has 1 saturated heterocycles. The number of fused-ring (bicyclic) bond motifs is 1. The number of nitro groups is 1. The van der Waals surface area contributed by atoms with Gasteiger partial charge in [-0.1, -0.05) is 30.3 Å². The molecule has 2 aliphatic rings. The number of nitro benzene ring substituents is 1. The van der Waals surface area contributed by atoms with Crippen LogP contribution in [-0.4, -0.2) is 48.2 Å². The standard InChI is InChI=1S/C23H29N3O4/c1-24(13-18-5-3-2-4-6-18)14-19-7-9-25(10-8-19)15-20-11-22(26(27)28)12-21-16-29-17-30-23(20)21/h2-6,11-12,19H,7-10,13-17H2,1H3. The maximum Gasteiger partial charge on any atom is 0.270 e. The molecule has 0 saturated carbocycles. The average Bonchev–Trinajstić information content (AvgIpc) is 2.75. The quantitative estimate of drug-likeness (QED) is 0.510. The summed E-state index contributed by atoms with van der Waals surface area (Å²) in [6.07, 6.45) is 2.28. The second kappa shape index (κ2) is 9.55. The van der Waals surface area contributed by atoms with Crippen molar-refractivity contribution in [3.05, 3.63) is 69.3 Å². The van der Waals surface area contributed by atoms with Gasteiger partial charge in [-0.05, 0) is 44.5 Å². The molecule has 0 unspecified atom stereocenters. The van der Waals surface area contributed by atoms with Crippen LogP contribution in [-0.2, 0) is 24.4 Å². The molecule has 0 radical (unpaired) electrons. The molecule has 1 fully saturated rings. The van der Waals surface area contributed by atoms with Gasteiger partial charge in [-0.2, -0.15) is 0 Å². The van der Waals surface area contributed by atoms with Gasteiger partial charge in [0.25, 0.3) is 5.69 Å². The van der Waals surface area contributed by atoms with Crippen molar-refractivity contribution in [1.29, 1.82) is 0 Å². The van der Waals surface area contributed by atoms with Gasteiger partial charge in [0.15, 0.2) is 6.79 Å². The van der Waals surface area contributed by atoms with Gasteiger partial charge in [0.1, 0.15) is 5.75 Å². The summed E-state index contributed by atoms with van der Waals surface area (Å²) in [7, 11) is 2.19. The van der Waals surface area contributed by atoms with E-state index in [1.807, 2.05) is 0 Å². The van der Waals surface area contributed by atoms with Gasteiger partial charge in [-0.3, -0.25) is 15.0 Å². The Balaban J connectivity index is 1.33. The highest BCUT2D eigenvalue weighted by Gasteiger charge is 2.25. The fraction of sp³-hybridized carbons (Fsp3) is 0.478. The molecular weight excluding hydrogens is 382 g/mol. The third-order valence-corrected chi connectivity index (χ3v) is 5.95. The van der Waals surface area contributed by atoms with Crippen molar-refractivity contribution in [2.75, 3.05) is 33.5 Å². The molecular formula is C23H29N3O4. The van der Waals surface area contributed by atoms with Crippen molar-refractivity contribution < 1.29 is 14.4 Å². The van der Waals surface area contributed by atoms with Crippen LogP contribution >= 0.6 is 0 Å². The van der Waals surface area contributed by atoms with Crippen LogP contribution in [0.5, 0.6) is 5.75 Å². The predicted molar refractivity (Wildman–Crippen MR) is 114 cm³/mol. The van der Waals surface area contributed by atoms with E-state index in [-0.39, 0.29) is 17.4 Å². The van der Waals surface area contributed by atoms with E-state index in [9.17, 15) is 10.1 Å². The second-order valence-corrected chi connectivity index (χ2v) is 8.36. The monoisotopic (exact) mass is 411 g/mol. The predicted octanol–water partition coefficient (Wildman–Crippen LogP) is 3.81. The Hall–Kier alpha value is -2.48. The number of non-ortho nitro benzene ring substituents is 1. The van der Waals surface area contributed by atoms with Gasteiger partial charge in [0.05, 0.1) is 11.5 Å². The fourth-order valence-corrected chi connectivity index (χ4v) is 4.47. The average molecular weight is 412 g/mol. The zero-order chi connectivity index (χ0) is 20.9. The van der Waals surface area contributed by atoms with Crippen LogP contribution in [0.3, 0.4) is 0 Å². The number of benzene rings is 2. The van der Waals surface area contributed by atoms with Crippen molar-refractivity contribution in [3.8, 4) is 5.75 Å². The van der Waals surface area contributed by atoms with E-state index in [1.54, 1.807) is 12.1 Å². The molecule has 0 aromatic heterocycles. The summed E-state index contributed by atoms with van der Waals surface area (Å²) >= 11 is 0. The molecule has 4 rings (SSSR count). The van der Waals surface area contributed by atoms with Crippen LogP contribution in [0.25, 0.3) is 0 Å². The molecule has 0 N–H and O–H groups in total. The summed E-state index contributed by atoms with van der Waals surface area (Å²) in [4.78, 5) is 15.8. The Kier molecular flexibility index (Phi) is 6.62. The first-order valence-electron chi connectivity index (χ1n) is 10.5. The highest BCUT2D eigenvalue weighted by atomic mass is 16.7. The second-order valence-electron chi connectivity index (χ2n) is 8.36. The molecule has 2 aromatic carbocycles. The summed E-state index contributed by atoms with van der Waals surface area (Å²) in [6, 6.07) is 13.8. The normalized spacial score (nSPS) is 17.5. The number of likely N-dealkylation sites (tertiary alicyclic amines) is 1. The van der Waals surface area contributed by atoms with Crippen molar-refractivity contribution in [2.45, 2.75) is 32.5 Å². The van der Waals surface area contributed by atoms with Gasteiger partial charge in [0.2, 0.25) is 0 Å². The zero-order valence-corrected chi connectivity index (χ0v) is 17.5. The molecule has 7 nitrogen and oxygen atoms in total. The molecule has 2 aromatic rings. The molecule has 0 spiro atoms. The van der Waals surface area contributed by atoms with E-state index in [0.29, 0.717) is 19.1 Å². The largest absolute Gasteiger partial charge is 0.467 e. The number of nitrogens with zero attached hydrogens (tertiary/aromatic N) is 3. The van der Waals surface area contributed by atoms with E-state index in [1.165, 1.54) is 5.56 Å². The Labute approximate surface area is 177 Å². The first-order valence-corrected chi connectivity index (χ1v) is 10.5. The van der Waals surface area contributed by atoms with E-state index in [2.05, 4.69) is 47.2 Å². The van der Waals surface area contributed by atoms with Crippen LogP contribution in [0.2, 0.25) is 0 Å². The number of rotatable bonds is 7. The van der Waals surface area contributed by atoms with E-state index in [4.69, 9.17) is 9.47 Å². The van der Waals surface area contributed by atoms with Gasteiger partial charge in [-0.25, -0.2) is 0 Å². The van der Waals surface area contributed by atoms with Crippen molar-refractivity contribution in [2.24, 2.45) is 5.92 Å². The lowest BCUT2D eigenvalue weighted by Gasteiger charge is -2.34. The highest BCUT2D eigenvalue weighted by Crippen LogP contribution is 2.34. The molecule has 0 aliphatic carbocycles. The number of piperidine rings is 1. The van der Waals surface area contributed by atoms with Crippen LogP contribution < -0.4 is 4.74 Å². The lowest BCUT2D eigenvalue weighted by molar-refractivity contribution is -0.385. The van der Waals surface area contributed by atoms with E-state index in [0.717, 1.165) is 55.9 Å². The summed E-state index contributed by atoms with van der Waals surface area (Å²) < 4.78 is 11.0. The number of hydrogen-bond acceptors (Lipinski definition) is 6. The first-order chi connectivity index (χ1) is 14.6. The molecule has 30 heavy (non-hydrogen) atoms. The Morgan fingerprint density at radius 3 is 2.70 bits per heavy atom. The van der Waals surface area contributed by atoms with Crippen molar-refractivity contribution in [1.82, 2.24) is 9.80 Å². The number of hydrogen-bond donors (Lipinski definition) is 0. The van der Waals surface area contributed by atoms with Crippen molar-refractivity contribution in [3.63, 3.8) is 0 Å². The minimum atomic E-state index is -0.340. The van der Waals surface area contributed by atoms with Crippen LogP contribution in [0.4, 0.5) is 5.69 Å². The minimum Gasteiger partial charge on any atom is -0.467 e. The molecule has 2 heterocycles. The van der Waals surface area contributed by atoms with Crippen LogP contribution in [0.15, 0.2) is 42.5 Å². The maximum absolute atomic E-state index is 11.3. The van der Waals surface area contributed by atoms with E-state index < -0.39 is 0 Å². The summed E-state index contributed by atoms with van der Waals surface area (Å²) in [5, 5.41) is 11.3.